The predicted molar refractivity (Wildman–Crippen MR) is 62.4 cm³/mol. The SMILES string of the molecule is Clc1nc(CC2CCOC2)ncc1I. The maximum absolute atomic E-state index is 5.91. The molecule has 1 atom stereocenters. The Labute approximate surface area is 101 Å². The van der Waals surface area contributed by atoms with E-state index in [-0.39, 0.29) is 0 Å². The minimum Gasteiger partial charge on any atom is -0.381 e. The predicted octanol–water partition coefficient (Wildman–Crippen LogP) is 2.31. The van der Waals surface area contributed by atoms with E-state index in [4.69, 9.17) is 16.3 Å². The largest absolute Gasteiger partial charge is 0.381 e. The summed E-state index contributed by atoms with van der Waals surface area (Å²) >= 11 is 8.03. The maximum atomic E-state index is 5.91. The minimum absolute atomic E-state index is 0.550. The molecule has 2 heterocycles. The van der Waals surface area contributed by atoms with Crippen LogP contribution in [0.3, 0.4) is 0 Å². The van der Waals surface area contributed by atoms with Gasteiger partial charge in [-0.25, -0.2) is 9.97 Å². The Morgan fingerprint density at radius 2 is 2.50 bits per heavy atom. The molecule has 0 amide bonds. The summed E-state index contributed by atoms with van der Waals surface area (Å²) in [7, 11) is 0. The van der Waals surface area contributed by atoms with Gasteiger partial charge in [-0.2, -0.15) is 0 Å². The van der Waals surface area contributed by atoms with E-state index in [1.165, 1.54) is 0 Å². The van der Waals surface area contributed by atoms with Gasteiger partial charge in [-0.1, -0.05) is 11.6 Å². The number of halogens is 2. The first-order valence-electron chi connectivity index (χ1n) is 4.50. The van der Waals surface area contributed by atoms with E-state index in [0.29, 0.717) is 11.1 Å². The van der Waals surface area contributed by atoms with E-state index in [0.717, 1.165) is 35.4 Å². The van der Waals surface area contributed by atoms with Crippen molar-refractivity contribution in [1.82, 2.24) is 9.97 Å². The first-order chi connectivity index (χ1) is 6.75. The molecule has 0 N–H and O–H groups in total. The third-order valence-corrected chi connectivity index (χ3v) is 3.64. The molecule has 0 bridgehead atoms. The van der Waals surface area contributed by atoms with E-state index in [1.54, 1.807) is 6.20 Å². The lowest BCUT2D eigenvalue weighted by atomic mass is 10.1. The highest BCUT2D eigenvalue weighted by atomic mass is 127. The third-order valence-electron chi connectivity index (χ3n) is 2.25. The highest BCUT2D eigenvalue weighted by Crippen LogP contribution is 2.19. The van der Waals surface area contributed by atoms with Crippen molar-refractivity contribution in [2.24, 2.45) is 5.92 Å². The highest BCUT2D eigenvalue weighted by Gasteiger charge is 2.17. The monoisotopic (exact) mass is 324 g/mol. The molecular formula is C9H10ClIN2O. The summed E-state index contributed by atoms with van der Waals surface area (Å²) in [6.45, 7) is 1.69. The van der Waals surface area contributed by atoms with Crippen LogP contribution in [-0.4, -0.2) is 23.2 Å². The number of hydrogen-bond acceptors (Lipinski definition) is 3. The molecule has 1 saturated heterocycles. The van der Waals surface area contributed by atoms with E-state index < -0.39 is 0 Å². The van der Waals surface area contributed by atoms with Crippen molar-refractivity contribution in [3.8, 4) is 0 Å². The second-order valence-electron chi connectivity index (χ2n) is 3.36. The first kappa shape index (κ1) is 10.6. The molecule has 1 fully saturated rings. The van der Waals surface area contributed by atoms with Gasteiger partial charge in [0.1, 0.15) is 11.0 Å². The molecule has 1 aromatic heterocycles. The van der Waals surface area contributed by atoms with E-state index in [1.807, 2.05) is 0 Å². The van der Waals surface area contributed by atoms with Gasteiger partial charge in [-0.3, -0.25) is 0 Å². The van der Waals surface area contributed by atoms with Crippen molar-refractivity contribution in [2.45, 2.75) is 12.8 Å². The molecule has 76 valence electrons. The Hall–Kier alpha value is 0.0600. The quantitative estimate of drug-likeness (QED) is 0.618. The summed E-state index contributed by atoms with van der Waals surface area (Å²) in [6, 6.07) is 0. The second-order valence-corrected chi connectivity index (χ2v) is 4.88. The zero-order chi connectivity index (χ0) is 9.97. The van der Waals surface area contributed by atoms with Crippen LogP contribution in [0.5, 0.6) is 0 Å². The molecule has 5 heteroatoms. The van der Waals surface area contributed by atoms with Crippen LogP contribution >= 0.6 is 34.2 Å². The smallest absolute Gasteiger partial charge is 0.146 e. The van der Waals surface area contributed by atoms with Crippen LogP contribution in [0.4, 0.5) is 0 Å². The van der Waals surface area contributed by atoms with Crippen LogP contribution in [0.15, 0.2) is 6.20 Å². The Morgan fingerprint density at radius 1 is 1.64 bits per heavy atom. The molecule has 3 nitrogen and oxygen atoms in total. The summed E-state index contributed by atoms with van der Waals surface area (Å²) in [5.74, 6) is 1.39. The van der Waals surface area contributed by atoms with Crippen molar-refractivity contribution < 1.29 is 4.74 Å². The van der Waals surface area contributed by atoms with Gasteiger partial charge in [-0.05, 0) is 34.9 Å². The average Bonchev–Trinajstić information content (AvgIpc) is 2.64. The van der Waals surface area contributed by atoms with Gasteiger partial charge in [0.15, 0.2) is 0 Å². The average molecular weight is 325 g/mol. The zero-order valence-corrected chi connectivity index (χ0v) is 10.5. The van der Waals surface area contributed by atoms with Crippen LogP contribution in [-0.2, 0) is 11.2 Å². The van der Waals surface area contributed by atoms with Gasteiger partial charge in [0.2, 0.25) is 0 Å². The van der Waals surface area contributed by atoms with E-state index in [9.17, 15) is 0 Å². The van der Waals surface area contributed by atoms with Gasteiger partial charge in [0.05, 0.1) is 3.57 Å². The van der Waals surface area contributed by atoms with Gasteiger partial charge in [0, 0.05) is 25.8 Å². The Balaban J connectivity index is 2.05. The van der Waals surface area contributed by atoms with Crippen LogP contribution in [0, 0.1) is 9.49 Å². The molecule has 1 aliphatic heterocycles. The fourth-order valence-corrected chi connectivity index (χ4v) is 1.89. The Morgan fingerprint density at radius 3 is 3.14 bits per heavy atom. The summed E-state index contributed by atoms with van der Waals surface area (Å²) in [6.07, 6.45) is 3.74. The molecule has 0 saturated carbocycles. The fourth-order valence-electron chi connectivity index (χ4n) is 1.48. The van der Waals surface area contributed by atoms with Crippen LogP contribution in [0.25, 0.3) is 0 Å². The normalized spacial score (nSPS) is 21.4. The molecule has 1 aliphatic rings. The van der Waals surface area contributed by atoms with Crippen molar-refractivity contribution in [3.63, 3.8) is 0 Å². The number of nitrogens with zero attached hydrogens (tertiary/aromatic N) is 2. The lowest BCUT2D eigenvalue weighted by Crippen LogP contribution is -2.07. The highest BCUT2D eigenvalue weighted by molar-refractivity contribution is 14.1. The molecule has 1 aromatic rings. The fraction of sp³-hybridized carbons (Fsp3) is 0.556. The Bertz CT molecular complexity index is 329. The van der Waals surface area contributed by atoms with Gasteiger partial charge in [0.25, 0.3) is 0 Å². The third kappa shape index (κ3) is 2.55. The molecule has 14 heavy (non-hydrogen) atoms. The number of hydrogen-bond donors (Lipinski definition) is 0. The lowest BCUT2D eigenvalue weighted by Gasteiger charge is -2.05. The standard InChI is InChI=1S/C9H10ClIN2O/c10-9-7(11)4-12-8(13-9)3-6-1-2-14-5-6/h4,6H,1-3,5H2. The molecule has 0 aliphatic carbocycles. The van der Waals surface area contributed by atoms with E-state index >= 15 is 0 Å². The van der Waals surface area contributed by atoms with Crippen molar-refractivity contribution >= 4 is 34.2 Å². The number of rotatable bonds is 2. The van der Waals surface area contributed by atoms with Crippen LogP contribution in [0.2, 0.25) is 5.15 Å². The van der Waals surface area contributed by atoms with E-state index in [2.05, 4.69) is 32.6 Å². The minimum atomic E-state index is 0.550. The number of aromatic nitrogens is 2. The lowest BCUT2D eigenvalue weighted by molar-refractivity contribution is 0.185. The molecule has 0 spiro atoms. The maximum Gasteiger partial charge on any atom is 0.146 e. The van der Waals surface area contributed by atoms with Crippen LogP contribution in [0.1, 0.15) is 12.2 Å². The summed E-state index contributed by atoms with van der Waals surface area (Å²) in [5, 5.41) is 0.550. The van der Waals surface area contributed by atoms with Crippen molar-refractivity contribution in [1.29, 1.82) is 0 Å². The molecule has 0 radical (unpaired) electrons. The molecule has 2 rings (SSSR count). The molecule has 0 aromatic carbocycles. The van der Waals surface area contributed by atoms with Crippen LogP contribution < -0.4 is 0 Å². The summed E-state index contributed by atoms with van der Waals surface area (Å²) < 4.78 is 6.19. The Kier molecular flexibility index (Phi) is 3.57. The molecular weight excluding hydrogens is 314 g/mol. The second kappa shape index (κ2) is 4.72. The first-order valence-corrected chi connectivity index (χ1v) is 5.96. The van der Waals surface area contributed by atoms with Crippen molar-refractivity contribution in [3.05, 3.63) is 20.7 Å². The molecule has 1 unspecified atom stereocenters. The van der Waals surface area contributed by atoms with Crippen molar-refractivity contribution in [2.75, 3.05) is 13.2 Å². The summed E-state index contributed by atoms with van der Waals surface area (Å²) in [4.78, 5) is 8.47. The van der Waals surface area contributed by atoms with Gasteiger partial charge in [-0.15, -0.1) is 0 Å². The van der Waals surface area contributed by atoms with Gasteiger partial charge >= 0.3 is 0 Å². The summed E-state index contributed by atoms with van der Waals surface area (Å²) in [5.41, 5.74) is 0. The zero-order valence-electron chi connectivity index (χ0n) is 7.54. The number of ether oxygens (including phenoxy) is 1. The topological polar surface area (TPSA) is 35.0 Å². The van der Waals surface area contributed by atoms with Gasteiger partial charge < -0.3 is 4.74 Å².